The lowest BCUT2D eigenvalue weighted by molar-refractivity contribution is -0.131. The van der Waals surface area contributed by atoms with Gasteiger partial charge in [-0.3, -0.25) is 9.59 Å². The van der Waals surface area contributed by atoms with Crippen LogP contribution in [0, 0.1) is 13.8 Å². The van der Waals surface area contributed by atoms with Gasteiger partial charge in [-0.1, -0.05) is 19.9 Å². The first-order valence-corrected chi connectivity index (χ1v) is 8.03. The van der Waals surface area contributed by atoms with Gasteiger partial charge in [0.25, 0.3) is 0 Å². The first-order valence-electron chi connectivity index (χ1n) is 8.03. The van der Waals surface area contributed by atoms with E-state index in [9.17, 15) is 9.59 Å². The molecule has 0 heterocycles. The van der Waals surface area contributed by atoms with Crippen molar-refractivity contribution < 1.29 is 9.59 Å². The van der Waals surface area contributed by atoms with E-state index in [-0.39, 0.29) is 18.4 Å². The molecule has 1 aromatic rings. The number of amides is 2. The highest BCUT2D eigenvalue weighted by molar-refractivity contribution is 5.97. The highest BCUT2D eigenvalue weighted by Gasteiger charge is 2.20. The maximum Gasteiger partial charge on any atom is 0.242 e. The minimum absolute atomic E-state index is 0.0112. The Morgan fingerprint density at radius 2 is 1.59 bits per heavy atom. The van der Waals surface area contributed by atoms with Crippen LogP contribution in [0.4, 0.5) is 5.69 Å². The molecule has 1 aromatic carbocycles. The normalized spacial score (nSPS) is 10.4. The van der Waals surface area contributed by atoms with Crippen LogP contribution in [0.1, 0.15) is 44.7 Å². The summed E-state index contributed by atoms with van der Waals surface area (Å²) < 4.78 is 0. The standard InChI is InChI=1S/C18H28N2O2/c1-6-10-19(11-7-2)18(22)13-20(16(5)21)17-9-8-14(3)15(4)12-17/h8-9,12H,6-7,10-11,13H2,1-5H3. The Bertz CT molecular complexity index is 520. The number of benzene rings is 1. The van der Waals surface area contributed by atoms with E-state index in [0.717, 1.165) is 37.2 Å². The van der Waals surface area contributed by atoms with E-state index in [1.54, 1.807) is 4.90 Å². The zero-order valence-electron chi connectivity index (χ0n) is 14.5. The zero-order valence-corrected chi connectivity index (χ0v) is 14.5. The summed E-state index contributed by atoms with van der Waals surface area (Å²) >= 11 is 0. The van der Waals surface area contributed by atoms with Gasteiger partial charge in [-0.15, -0.1) is 0 Å². The highest BCUT2D eigenvalue weighted by Crippen LogP contribution is 2.19. The van der Waals surface area contributed by atoms with E-state index in [2.05, 4.69) is 13.8 Å². The van der Waals surface area contributed by atoms with Crippen molar-refractivity contribution in [1.29, 1.82) is 0 Å². The summed E-state index contributed by atoms with van der Waals surface area (Å²) in [6.45, 7) is 11.3. The number of hydrogen-bond donors (Lipinski definition) is 0. The third-order valence-corrected chi connectivity index (χ3v) is 3.82. The van der Waals surface area contributed by atoms with Gasteiger partial charge < -0.3 is 9.80 Å². The third-order valence-electron chi connectivity index (χ3n) is 3.82. The van der Waals surface area contributed by atoms with Gasteiger partial charge in [0.15, 0.2) is 0 Å². The monoisotopic (exact) mass is 304 g/mol. The predicted octanol–water partition coefficient (Wildman–Crippen LogP) is 3.30. The van der Waals surface area contributed by atoms with E-state index in [0.29, 0.717) is 0 Å². The summed E-state index contributed by atoms with van der Waals surface area (Å²) in [6, 6.07) is 5.86. The molecule has 4 nitrogen and oxygen atoms in total. The van der Waals surface area contributed by atoms with Crippen molar-refractivity contribution in [3.05, 3.63) is 29.3 Å². The quantitative estimate of drug-likeness (QED) is 0.775. The van der Waals surface area contributed by atoms with Gasteiger partial charge in [-0.25, -0.2) is 0 Å². The van der Waals surface area contributed by atoms with Crippen LogP contribution in [-0.2, 0) is 9.59 Å². The Hall–Kier alpha value is -1.84. The topological polar surface area (TPSA) is 40.6 Å². The molecule has 122 valence electrons. The molecule has 0 atom stereocenters. The predicted molar refractivity (Wildman–Crippen MR) is 91.1 cm³/mol. The van der Waals surface area contributed by atoms with Crippen LogP contribution >= 0.6 is 0 Å². The van der Waals surface area contributed by atoms with Crippen molar-refractivity contribution in [2.75, 3.05) is 24.5 Å². The minimum atomic E-state index is -0.107. The molecule has 0 saturated heterocycles. The minimum Gasteiger partial charge on any atom is -0.341 e. The summed E-state index contributed by atoms with van der Waals surface area (Å²) in [5.74, 6) is -0.0957. The van der Waals surface area contributed by atoms with Gasteiger partial charge in [0.1, 0.15) is 6.54 Å². The maximum atomic E-state index is 12.5. The van der Waals surface area contributed by atoms with Crippen LogP contribution < -0.4 is 4.90 Å². The average molecular weight is 304 g/mol. The second-order valence-electron chi connectivity index (χ2n) is 5.75. The Morgan fingerprint density at radius 1 is 1.00 bits per heavy atom. The van der Waals surface area contributed by atoms with Crippen molar-refractivity contribution in [3.8, 4) is 0 Å². The number of carbonyl (C=O) groups is 2. The summed E-state index contributed by atoms with van der Waals surface area (Å²) in [4.78, 5) is 27.9. The number of anilines is 1. The Balaban J connectivity index is 2.93. The summed E-state index contributed by atoms with van der Waals surface area (Å²) in [6.07, 6.45) is 1.85. The molecule has 0 aliphatic carbocycles. The molecule has 0 fully saturated rings. The number of nitrogens with zero attached hydrogens (tertiary/aromatic N) is 2. The average Bonchev–Trinajstić information content (AvgIpc) is 2.47. The second-order valence-corrected chi connectivity index (χ2v) is 5.75. The first kappa shape index (κ1) is 18.2. The molecule has 0 aliphatic heterocycles. The molecule has 0 unspecified atom stereocenters. The lowest BCUT2D eigenvalue weighted by atomic mass is 10.1. The van der Waals surface area contributed by atoms with Gasteiger partial charge in [0.2, 0.25) is 11.8 Å². The van der Waals surface area contributed by atoms with E-state index >= 15 is 0 Å². The third kappa shape index (κ3) is 4.86. The molecular formula is C18H28N2O2. The Morgan fingerprint density at radius 3 is 2.05 bits per heavy atom. The van der Waals surface area contributed by atoms with E-state index in [1.807, 2.05) is 36.9 Å². The van der Waals surface area contributed by atoms with Gasteiger partial charge >= 0.3 is 0 Å². The Kier molecular flexibility index (Phi) is 7.09. The molecule has 0 aliphatic rings. The smallest absolute Gasteiger partial charge is 0.242 e. The molecule has 2 amide bonds. The van der Waals surface area contributed by atoms with Gasteiger partial charge in [-0.2, -0.15) is 0 Å². The number of hydrogen-bond acceptors (Lipinski definition) is 2. The number of aryl methyl sites for hydroxylation is 2. The van der Waals surface area contributed by atoms with Crippen molar-refractivity contribution >= 4 is 17.5 Å². The first-order chi connectivity index (χ1) is 10.4. The van der Waals surface area contributed by atoms with E-state index in [1.165, 1.54) is 12.5 Å². The molecule has 1 rings (SSSR count). The molecule has 22 heavy (non-hydrogen) atoms. The molecule has 0 bridgehead atoms. The van der Waals surface area contributed by atoms with E-state index < -0.39 is 0 Å². The van der Waals surface area contributed by atoms with Crippen LogP contribution in [0.15, 0.2) is 18.2 Å². The SMILES string of the molecule is CCCN(CCC)C(=O)CN(C(C)=O)c1ccc(C)c(C)c1. The van der Waals surface area contributed by atoms with Crippen LogP contribution in [0.2, 0.25) is 0 Å². The number of carbonyl (C=O) groups excluding carboxylic acids is 2. The fraction of sp³-hybridized carbons (Fsp3) is 0.556. The molecule has 0 spiro atoms. The largest absolute Gasteiger partial charge is 0.341 e. The number of rotatable bonds is 7. The maximum absolute atomic E-state index is 12.5. The molecule has 0 radical (unpaired) electrons. The van der Waals surface area contributed by atoms with Crippen molar-refractivity contribution in [1.82, 2.24) is 4.90 Å². The summed E-state index contributed by atoms with van der Waals surface area (Å²) in [5.41, 5.74) is 3.09. The van der Waals surface area contributed by atoms with Gasteiger partial charge in [-0.05, 0) is 49.9 Å². The van der Waals surface area contributed by atoms with Crippen molar-refractivity contribution in [2.45, 2.75) is 47.5 Å². The highest BCUT2D eigenvalue weighted by atomic mass is 16.2. The van der Waals surface area contributed by atoms with Gasteiger partial charge in [0.05, 0.1) is 0 Å². The van der Waals surface area contributed by atoms with E-state index in [4.69, 9.17) is 0 Å². The van der Waals surface area contributed by atoms with Gasteiger partial charge in [0, 0.05) is 25.7 Å². The fourth-order valence-electron chi connectivity index (χ4n) is 2.41. The lowest BCUT2D eigenvalue weighted by Crippen LogP contribution is -2.43. The molecule has 0 N–H and O–H groups in total. The van der Waals surface area contributed by atoms with Crippen LogP contribution in [-0.4, -0.2) is 36.3 Å². The van der Waals surface area contributed by atoms with Crippen LogP contribution in [0.5, 0.6) is 0 Å². The zero-order chi connectivity index (χ0) is 16.7. The van der Waals surface area contributed by atoms with Crippen LogP contribution in [0.25, 0.3) is 0 Å². The molecular weight excluding hydrogens is 276 g/mol. The Labute approximate surface area is 134 Å². The molecule has 4 heteroatoms. The molecule has 0 aromatic heterocycles. The van der Waals surface area contributed by atoms with Crippen LogP contribution in [0.3, 0.4) is 0 Å². The summed E-state index contributed by atoms with van der Waals surface area (Å²) in [5, 5.41) is 0. The fourth-order valence-corrected chi connectivity index (χ4v) is 2.41. The van der Waals surface area contributed by atoms with Crippen molar-refractivity contribution in [2.24, 2.45) is 0 Å². The summed E-state index contributed by atoms with van der Waals surface area (Å²) in [7, 11) is 0. The second kappa shape index (κ2) is 8.57. The van der Waals surface area contributed by atoms with Crippen molar-refractivity contribution in [3.63, 3.8) is 0 Å². The lowest BCUT2D eigenvalue weighted by Gasteiger charge is -2.27. The molecule has 0 saturated carbocycles.